The molecule has 0 spiro atoms. The van der Waals surface area contributed by atoms with Gasteiger partial charge in [0.25, 0.3) is 5.91 Å². The van der Waals surface area contributed by atoms with Gasteiger partial charge in [0.1, 0.15) is 6.04 Å². The molecule has 0 aromatic heterocycles. The molecule has 148 valence electrons. The van der Waals surface area contributed by atoms with E-state index in [-0.39, 0.29) is 12.2 Å². The van der Waals surface area contributed by atoms with Crippen LogP contribution < -0.4 is 10.1 Å². The molecule has 0 aliphatic carbocycles. The monoisotopic (exact) mass is 394 g/mol. The molecule has 0 saturated heterocycles. The van der Waals surface area contributed by atoms with Crippen LogP contribution in [0.5, 0.6) is 5.75 Å². The maximum absolute atomic E-state index is 13.0. The molecule has 0 bridgehead atoms. The van der Waals surface area contributed by atoms with E-state index in [1.807, 2.05) is 12.1 Å². The summed E-state index contributed by atoms with van der Waals surface area (Å²) in [4.78, 5) is 26.4. The minimum absolute atomic E-state index is 0.155. The summed E-state index contributed by atoms with van der Waals surface area (Å²) in [6.07, 6.45) is -5.08. The third-order valence-electron chi connectivity index (χ3n) is 4.31. The maximum atomic E-state index is 13.0. The van der Waals surface area contributed by atoms with Crippen molar-refractivity contribution in [2.75, 3.05) is 19.0 Å². The number of para-hydroxylation sites is 2. The van der Waals surface area contributed by atoms with Crippen LogP contribution in [0.15, 0.2) is 48.5 Å². The van der Waals surface area contributed by atoms with Gasteiger partial charge in [-0.05, 0) is 29.7 Å². The summed E-state index contributed by atoms with van der Waals surface area (Å²) in [5.74, 6) is -1.21. The molecular weight excluding hydrogens is 377 g/mol. The van der Waals surface area contributed by atoms with Crippen molar-refractivity contribution in [1.82, 2.24) is 4.90 Å². The second-order valence-electron chi connectivity index (χ2n) is 6.05. The Balaban J connectivity index is 1.93. The van der Waals surface area contributed by atoms with Crippen LogP contribution in [0.2, 0.25) is 0 Å². The van der Waals surface area contributed by atoms with Gasteiger partial charge in [-0.2, -0.15) is 0 Å². The Morgan fingerprint density at radius 1 is 1.11 bits per heavy atom. The number of nitrogens with zero attached hydrogens (tertiary/aromatic N) is 1. The van der Waals surface area contributed by atoms with Crippen LogP contribution in [0.25, 0.3) is 0 Å². The van der Waals surface area contributed by atoms with Gasteiger partial charge in [-0.25, -0.2) is 4.79 Å². The predicted octanol–water partition coefficient (Wildman–Crippen LogP) is 3.89. The number of hydrogen-bond acceptors (Lipinski definition) is 4. The van der Waals surface area contributed by atoms with Crippen LogP contribution in [0.3, 0.4) is 0 Å². The summed E-state index contributed by atoms with van der Waals surface area (Å²) in [6, 6.07) is 11.2. The first-order valence-electron chi connectivity index (χ1n) is 8.38. The number of fused-ring (bicyclic) bond motifs is 1. The second kappa shape index (κ2) is 7.79. The largest absolute Gasteiger partial charge is 0.573 e. The van der Waals surface area contributed by atoms with Crippen LogP contribution in [-0.4, -0.2) is 36.9 Å². The fourth-order valence-electron chi connectivity index (χ4n) is 3.15. The Kier molecular flexibility index (Phi) is 5.43. The molecule has 28 heavy (non-hydrogen) atoms. The van der Waals surface area contributed by atoms with Gasteiger partial charge < -0.3 is 14.8 Å². The highest BCUT2D eigenvalue weighted by Crippen LogP contribution is 2.34. The Labute approximate surface area is 158 Å². The van der Waals surface area contributed by atoms with Gasteiger partial charge in [0, 0.05) is 6.54 Å². The number of amides is 2. The van der Waals surface area contributed by atoms with E-state index >= 15 is 0 Å². The average molecular weight is 394 g/mol. The van der Waals surface area contributed by atoms with Gasteiger partial charge in [-0.1, -0.05) is 36.4 Å². The molecule has 2 aromatic carbocycles. The second-order valence-corrected chi connectivity index (χ2v) is 6.05. The minimum Gasteiger partial charge on any atom is -0.453 e. The lowest BCUT2D eigenvalue weighted by Gasteiger charge is -2.35. The number of ether oxygens (including phenoxy) is 2. The summed E-state index contributed by atoms with van der Waals surface area (Å²) in [6.45, 7) is 0.239. The highest BCUT2D eigenvalue weighted by molar-refractivity contribution is 5.98. The van der Waals surface area contributed by atoms with Gasteiger partial charge in [-0.3, -0.25) is 9.69 Å². The van der Waals surface area contributed by atoms with Gasteiger partial charge in [-0.15, -0.1) is 13.2 Å². The highest BCUT2D eigenvalue weighted by atomic mass is 19.4. The number of benzene rings is 2. The van der Waals surface area contributed by atoms with Crippen molar-refractivity contribution in [2.24, 2.45) is 0 Å². The first kappa shape index (κ1) is 19.5. The van der Waals surface area contributed by atoms with Crippen molar-refractivity contribution in [3.05, 3.63) is 59.7 Å². The first-order valence-corrected chi connectivity index (χ1v) is 8.38. The Morgan fingerprint density at radius 3 is 2.50 bits per heavy atom. The van der Waals surface area contributed by atoms with E-state index < -0.39 is 30.2 Å². The van der Waals surface area contributed by atoms with Crippen molar-refractivity contribution in [1.29, 1.82) is 0 Å². The molecule has 1 aliphatic rings. The Morgan fingerprint density at radius 2 is 1.79 bits per heavy atom. The molecule has 9 heteroatoms. The van der Waals surface area contributed by atoms with E-state index in [0.29, 0.717) is 12.0 Å². The van der Waals surface area contributed by atoms with Crippen LogP contribution in [0.4, 0.5) is 23.7 Å². The Hall–Kier alpha value is -3.23. The van der Waals surface area contributed by atoms with Crippen LogP contribution in [-0.2, 0) is 16.0 Å². The van der Waals surface area contributed by atoms with Crippen molar-refractivity contribution >= 4 is 17.7 Å². The molecule has 1 atom stereocenters. The molecule has 1 aliphatic heterocycles. The summed E-state index contributed by atoms with van der Waals surface area (Å²) < 4.78 is 46.6. The number of hydrogen-bond donors (Lipinski definition) is 1. The number of methoxy groups -OCH3 is 1. The van der Waals surface area contributed by atoms with Crippen molar-refractivity contribution in [3.8, 4) is 5.75 Å². The Bertz CT molecular complexity index is 885. The normalized spacial score (nSPS) is 16.1. The molecule has 0 fully saturated rings. The molecule has 0 radical (unpaired) electrons. The number of anilines is 1. The smallest absolute Gasteiger partial charge is 0.453 e. The van der Waals surface area contributed by atoms with Crippen LogP contribution >= 0.6 is 0 Å². The lowest BCUT2D eigenvalue weighted by molar-refractivity contribution is -0.274. The molecule has 1 N–H and O–H groups in total. The topological polar surface area (TPSA) is 67.9 Å². The first-order chi connectivity index (χ1) is 13.3. The van der Waals surface area contributed by atoms with Gasteiger partial charge in [0.05, 0.1) is 12.8 Å². The standard InChI is InChI=1S/C19H17F3N2O4/c1-27-18(26)24-11-10-12-6-2-3-7-13(12)16(24)17(25)23-14-8-4-5-9-15(14)28-19(20,21)22/h2-9,16H,10-11H2,1H3,(H,23,25)/t16-/m0/s1. The third-order valence-corrected chi connectivity index (χ3v) is 4.31. The molecular formula is C19H17F3N2O4. The number of nitrogens with one attached hydrogen (secondary N) is 1. The average Bonchev–Trinajstić information content (AvgIpc) is 2.66. The lowest BCUT2D eigenvalue weighted by Crippen LogP contribution is -2.45. The summed E-state index contributed by atoms with van der Waals surface area (Å²) in [5, 5.41) is 2.44. The van der Waals surface area contributed by atoms with Crippen molar-refractivity contribution < 1.29 is 32.2 Å². The third kappa shape index (κ3) is 4.19. The van der Waals surface area contributed by atoms with Gasteiger partial charge >= 0.3 is 12.5 Å². The van der Waals surface area contributed by atoms with E-state index in [4.69, 9.17) is 4.74 Å². The van der Waals surface area contributed by atoms with Crippen LogP contribution in [0, 0.1) is 0 Å². The summed E-state index contributed by atoms with van der Waals surface area (Å²) in [7, 11) is 1.20. The number of alkyl halides is 3. The maximum Gasteiger partial charge on any atom is 0.573 e. The number of rotatable bonds is 3. The van der Waals surface area contributed by atoms with E-state index in [1.165, 1.54) is 30.2 Å². The van der Waals surface area contributed by atoms with Crippen molar-refractivity contribution in [3.63, 3.8) is 0 Å². The molecule has 2 aromatic rings. The zero-order chi connectivity index (χ0) is 20.3. The molecule has 1 heterocycles. The van der Waals surface area contributed by atoms with E-state index in [0.717, 1.165) is 11.6 Å². The zero-order valence-corrected chi connectivity index (χ0v) is 14.8. The van der Waals surface area contributed by atoms with E-state index in [1.54, 1.807) is 12.1 Å². The lowest BCUT2D eigenvalue weighted by atomic mass is 9.92. The molecule has 6 nitrogen and oxygen atoms in total. The number of carbonyl (C=O) groups excluding carboxylic acids is 2. The molecule has 2 amide bonds. The SMILES string of the molecule is COC(=O)N1CCc2ccccc2[C@H]1C(=O)Nc1ccccc1OC(F)(F)F. The van der Waals surface area contributed by atoms with Crippen molar-refractivity contribution in [2.45, 2.75) is 18.8 Å². The quantitative estimate of drug-likeness (QED) is 0.858. The molecule has 0 saturated carbocycles. The summed E-state index contributed by atoms with van der Waals surface area (Å²) in [5.41, 5.74) is 1.31. The number of halogens is 3. The fraction of sp³-hybridized carbons (Fsp3) is 0.263. The molecule has 0 unspecified atom stereocenters. The van der Waals surface area contributed by atoms with Crippen LogP contribution in [0.1, 0.15) is 17.2 Å². The fourth-order valence-corrected chi connectivity index (χ4v) is 3.15. The summed E-state index contributed by atoms with van der Waals surface area (Å²) >= 11 is 0. The number of carbonyl (C=O) groups is 2. The molecule has 3 rings (SSSR count). The van der Waals surface area contributed by atoms with E-state index in [9.17, 15) is 22.8 Å². The minimum atomic E-state index is -4.91. The zero-order valence-electron chi connectivity index (χ0n) is 14.8. The highest BCUT2D eigenvalue weighted by Gasteiger charge is 2.37. The van der Waals surface area contributed by atoms with Gasteiger partial charge in [0.2, 0.25) is 0 Å². The predicted molar refractivity (Wildman–Crippen MR) is 93.8 cm³/mol. The van der Waals surface area contributed by atoms with Gasteiger partial charge in [0.15, 0.2) is 5.75 Å². The van der Waals surface area contributed by atoms with E-state index in [2.05, 4.69) is 10.1 Å².